The van der Waals surface area contributed by atoms with Gasteiger partial charge in [0.25, 0.3) is 0 Å². The van der Waals surface area contributed by atoms with Gasteiger partial charge in [-0.25, -0.2) is 0 Å². The van der Waals surface area contributed by atoms with E-state index in [9.17, 15) is 5.11 Å². The van der Waals surface area contributed by atoms with Crippen LogP contribution in [0, 0.1) is 5.92 Å². The van der Waals surface area contributed by atoms with E-state index >= 15 is 0 Å². The van der Waals surface area contributed by atoms with Crippen LogP contribution in [-0.4, -0.2) is 23.4 Å². The Balaban J connectivity index is 2.48. The van der Waals surface area contributed by atoms with Gasteiger partial charge < -0.3 is 9.84 Å². The number of methoxy groups -OCH3 is 1. The number of hydrogen-bond acceptors (Lipinski definition) is 2. The molecule has 1 N–H and O–H groups in total. The Hall–Kier alpha value is -0.0800. The Kier molecular flexibility index (Phi) is 4.19. The molecule has 0 bridgehead atoms. The average molecular weight is 214 g/mol. The Labute approximate surface area is 94.0 Å². The molecular weight excluding hydrogens is 188 g/mol. The monoisotopic (exact) mass is 214 g/mol. The summed E-state index contributed by atoms with van der Waals surface area (Å²) in [7, 11) is 1.74. The van der Waals surface area contributed by atoms with Crippen LogP contribution < -0.4 is 0 Å². The standard InChI is InChI=1S/C13H26O2/c1-11-7-5-6-8-13(11,14)10-9-12(2,3)15-4/h11,14H,5-10H2,1-4H3. The summed E-state index contributed by atoms with van der Waals surface area (Å²) < 4.78 is 5.40. The predicted octanol–water partition coefficient (Wildman–Crippen LogP) is 3.13. The van der Waals surface area contributed by atoms with E-state index in [-0.39, 0.29) is 5.60 Å². The molecule has 90 valence electrons. The summed E-state index contributed by atoms with van der Waals surface area (Å²) in [6.07, 6.45) is 6.39. The normalized spacial score (nSPS) is 33.0. The number of ether oxygens (including phenoxy) is 1. The summed E-state index contributed by atoms with van der Waals surface area (Å²) in [6, 6.07) is 0. The molecule has 0 amide bonds. The first-order valence-corrected chi connectivity index (χ1v) is 6.17. The fourth-order valence-electron chi connectivity index (χ4n) is 2.39. The molecule has 0 heterocycles. The highest BCUT2D eigenvalue weighted by atomic mass is 16.5. The molecule has 1 aliphatic carbocycles. The molecule has 0 radical (unpaired) electrons. The molecule has 2 heteroatoms. The first-order chi connectivity index (χ1) is 6.90. The molecule has 15 heavy (non-hydrogen) atoms. The molecule has 1 aliphatic rings. The first kappa shape index (κ1) is 13.0. The van der Waals surface area contributed by atoms with Crippen LogP contribution in [0.2, 0.25) is 0 Å². The maximum atomic E-state index is 10.5. The van der Waals surface area contributed by atoms with Crippen molar-refractivity contribution in [2.45, 2.75) is 70.5 Å². The Bertz CT molecular complexity index is 201. The lowest BCUT2D eigenvalue weighted by Crippen LogP contribution is -2.41. The van der Waals surface area contributed by atoms with Gasteiger partial charge in [0.1, 0.15) is 0 Å². The Morgan fingerprint density at radius 2 is 2.07 bits per heavy atom. The van der Waals surface area contributed by atoms with Crippen LogP contribution in [0.3, 0.4) is 0 Å². The van der Waals surface area contributed by atoms with Crippen molar-refractivity contribution in [3.05, 3.63) is 0 Å². The molecule has 0 aromatic heterocycles. The van der Waals surface area contributed by atoms with Crippen molar-refractivity contribution in [1.82, 2.24) is 0 Å². The van der Waals surface area contributed by atoms with E-state index in [1.165, 1.54) is 19.3 Å². The summed E-state index contributed by atoms with van der Waals surface area (Å²) >= 11 is 0. The molecule has 2 atom stereocenters. The topological polar surface area (TPSA) is 29.5 Å². The first-order valence-electron chi connectivity index (χ1n) is 6.17. The molecule has 0 aliphatic heterocycles. The summed E-state index contributed by atoms with van der Waals surface area (Å²) in [4.78, 5) is 0. The summed E-state index contributed by atoms with van der Waals surface area (Å²) in [5.74, 6) is 0.443. The minimum atomic E-state index is -0.436. The van der Waals surface area contributed by atoms with Crippen LogP contribution >= 0.6 is 0 Å². The van der Waals surface area contributed by atoms with Crippen LogP contribution in [0.4, 0.5) is 0 Å². The molecule has 0 aromatic carbocycles. The van der Waals surface area contributed by atoms with E-state index in [1.807, 2.05) is 0 Å². The van der Waals surface area contributed by atoms with E-state index in [0.717, 1.165) is 19.3 Å². The second-order valence-corrected chi connectivity index (χ2v) is 5.71. The fourth-order valence-corrected chi connectivity index (χ4v) is 2.39. The molecule has 0 spiro atoms. The lowest BCUT2D eigenvalue weighted by molar-refractivity contribution is -0.0715. The second-order valence-electron chi connectivity index (χ2n) is 5.71. The van der Waals surface area contributed by atoms with Crippen LogP contribution in [0.1, 0.15) is 59.3 Å². The molecule has 1 fully saturated rings. The van der Waals surface area contributed by atoms with E-state index in [0.29, 0.717) is 5.92 Å². The maximum absolute atomic E-state index is 10.5. The average Bonchev–Trinajstić information content (AvgIpc) is 2.20. The Morgan fingerprint density at radius 3 is 2.60 bits per heavy atom. The summed E-state index contributed by atoms with van der Waals surface area (Å²) in [6.45, 7) is 6.35. The molecule has 2 unspecified atom stereocenters. The third-order valence-electron chi connectivity index (χ3n) is 4.13. The van der Waals surface area contributed by atoms with E-state index in [1.54, 1.807) is 7.11 Å². The highest BCUT2D eigenvalue weighted by molar-refractivity contribution is 4.89. The van der Waals surface area contributed by atoms with E-state index < -0.39 is 5.60 Å². The smallest absolute Gasteiger partial charge is 0.0674 e. The highest BCUT2D eigenvalue weighted by Crippen LogP contribution is 2.38. The molecule has 2 nitrogen and oxygen atoms in total. The largest absolute Gasteiger partial charge is 0.390 e. The van der Waals surface area contributed by atoms with Gasteiger partial charge in [0.05, 0.1) is 11.2 Å². The third-order valence-corrected chi connectivity index (χ3v) is 4.13. The van der Waals surface area contributed by atoms with Crippen molar-refractivity contribution in [3.63, 3.8) is 0 Å². The minimum absolute atomic E-state index is 0.104. The second kappa shape index (κ2) is 4.84. The van der Waals surface area contributed by atoms with Gasteiger partial charge in [0, 0.05) is 7.11 Å². The molecular formula is C13H26O2. The van der Waals surface area contributed by atoms with Crippen molar-refractivity contribution in [2.75, 3.05) is 7.11 Å². The van der Waals surface area contributed by atoms with Crippen molar-refractivity contribution in [1.29, 1.82) is 0 Å². The number of aliphatic hydroxyl groups is 1. The summed E-state index contributed by atoms with van der Waals surface area (Å²) in [5.41, 5.74) is -0.541. The maximum Gasteiger partial charge on any atom is 0.0674 e. The van der Waals surface area contributed by atoms with Crippen molar-refractivity contribution >= 4 is 0 Å². The van der Waals surface area contributed by atoms with Gasteiger partial charge in [-0.3, -0.25) is 0 Å². The fraction of sp³-hybridized carbons (Fsp3) is 1.00. The van der Waals surface area contributed by atoms with Gasteiger partial charge in [-0.2, -0.15) is 0 Å². The molecule has 1 rings (SSSR count). The van der Waals surface area contributed by atoms with Gasteiger partial charge in [0.15, 0.2) is 0 Å². The summed E-state index contributed by atoms with van der Waals surface area (Å²) in [5, 5.41) is 10.5. The van der Waals surface area contributed by atoms with Gasteiger partial charge in [-0.15, -0.1) is 0 Å². The minimum Gasteiger partial charge on any atom is -0.390 e. The third kappa shape index (κ3) is 3.46. The van der Waals surface area contributed by atoms with Crippen molar-refractivity contribution in [2.24, 2.45) is 5.92 Å². The zero-order valence-corrected chi connectivity index (χ0v) is 10.7. The van der Waals surface area contributed by atoms with Crippen molar-refractivity contribution < 1.29 is 9.84 Å². The SMILES string of the molecule is COC(C)(C)CCC1(O)CCCCC1C. The van der Waals surface area contributed by atoms with E-state index in [4.69, 9.17) is 4.74 Å². The van der Waals surface area contributed by atoms with Crippen LogP contribution in [0.5, 0.6) is 0 Å². The molecule has 0 aromatic rings. The van der Waals surface area contributed by atoms with Crippen LogP contribution in [0.25, 0.3) is 0 Å². The Morgan fingerprint density at radius 1 is 1.40 bits per heavy atom. The number of rotatable bonds is 4. The lowest BCUT2D eigenvalue weighted by atomic mass is 9.73. The quantitative estimate of drug-likeness (QED) is 0.779. The zero-order chi connectivity index (χ0) is 11.5. The van der Waals surface area contributed by atoms with Gasteiger partial charge >= 0.3 is 0 Å². The van der Waals surface area contributed by atoms with Gasteiger partial charge in [-0.05, 0) is 45.4 Å². The molecule has 1 saturated carbocycles. The van der Waals surface area contributed by atoms with E-state index in [2.05, 4.69) is 20.8 Å². The number of hydrogen-bond donors (Lipinski definition) is 1. The lowest BCUT2D eigenvalue weighted by Gasteiger charge is -2.40. The van der Waals surface area contributed by atoms with Crippen LogP contribution in [-0.2, 0) is 4.74 Å². The zero-order valence-electron chi connectivity index (χ0n) is 10.7. The molecule has 0 saturated heterocycles. The van der Waals surface area contributed by atoms with Gasteiger partial charge in [-0.1, -0.05) is 19.8 Å². The highest BCUT2D eigenvalue weighted by Gasteiger charge is 2.36. The van der Waals surface area contributed by atoms with Crippen LogP contribution in [0.15, 0.2) is 0 Å². The van der Waals surface area contributed by atoms with Gasteiger partial charge in [0.2, 0.25) is 0 Å². The van der Waals surface area contributed by atoms with Crippen molar-refractivity contribution in [3.8, 4) is 0 Å². The predicted molar refractivity (Wildman–Crippen MR) is 62.9 cm³/mol.